The number of para-hydroxylation sites is 1. The fraction of sp³-hybridized carbons (Fsp3) is 0.174. The van der Waals surface area contributed by atoms with Crippen LogP contribution >= 0.6 is 0 Å². The quantitative estimate of drug-likeness (QED) is 0.625. The fourth-order valence-electron chi connectivity index (χ4n) is 3.51. The van der Waals surface area contributed by atoms with Crippen LogP contribution < -0.4 is 4.74 Å². The predicted octanol–water partition coefficient (Wildman–Crippen LogP) is 4.54. The molecule has 0 radical (unpaired) electrons. The third kappa shape index (κ3) is 3.63. The summed E-state index contributed by atoms with van der Waals surface area (Å²) in [6.45, 7) is 1.93. The van der Waals surface area contributed by atoms with Crippen LogP contribution in [0, 0.1) is 6.92 Å². The number of methoxy groups -OCH3 is 1. The van der Waals surface area contributed by atoms with Gasteiger partial charge in [-0.15, -0.1) is 0 Å². The smallest absolute Gasteiger partial charge is 0.279 e. The van der Waals surface area contributed by atoms with Gasteiger partial charge in [0, 0.05) is 12.0 Å². The Labute approximate surface area is 171 Å². The molecular weight excluding hydrogens is 384 g/mol. The maximum Gasteiger partial charge on any atom is 0.279 e. The number of hydrazone groups is 1. The number of ether oxygens (including phenoxy) is 1. The molecule has 3 aromatic carbocycles. The van der Waals surface area contributed by atoms with E-state index in [9.17, 15) is 8.42 Å². The molecule has 0 fully saturated rings. The zero-order chi connectivity index (χ0) is 20.4. The summed E-state index contributed by atoms with van der Waals surface area (Å²) in [4.78, 5) is 0.223. The summed E-state index contributed by atoms with van der Waals surface area (Å²) >= 11 is 0. The van der Waals surface area contributed by atoms with Crippen LogP contribution in [-0.4, -0.2) is 25.7 Å². The second kappa shape index (κ2) is 7.72. The summed E-state index contributed by atoms with van der Waals surface area (Å²) < 4.78 is 33.7. The molecule has 6 heteroatoms. The minimum Gasteiger partial charge on any atom is -0.496 e. The maximum atomic E-state index is 13.5. The SMILES string of the molecule is COc1ccccc1C1CC(c2ccccc2)=NN1S(=O)(=O)c1ccc(C)cc1. The van der Waals surface area contributed by atoms with E-state index in [1.54, 1.807) is 31.4 Å². The number of benzene rings is 3. The predicted molar refractivity (Wildman–Crippen MR) is 114 cm³/mol. The van der Waals surface area contributed by atoms with Crippen LogP contribution in [-0.2, 0) is 10.0 Å². The van der Waals surface area contributed by atoms with Gasteiger partial charge in [-0.05, 0) is 30.7 Å². The maximum absolute atomic E-state index is 13.5. The number of sulfonamides is 1. The standard InChI is InChI=1S/C23H22N2O3S/c1-17-12-14-19(15-13-17)29(26,27)25-22(20-10-6-7-11-23(20)28-2)16-21(24-25)18-8-4-3-5-9-18/h3-15,22H,16H2,1-2H3. The first-order valence-electron chi connectivity index (χ1n) is 9.37. The van der Waals surface area contributed by atoms with E-state index in [2.05, 4.69) is 5.10 Å². The zero-order valence-electron chi connectivity index (χ0n) is 16.3. The average Bonchev–Trinajstić information content (AvgIpc) is 3.21. The molecule has 1 aliphatic heterocycles. The molecule has 0 aromatic heterocycles. The van der Waals surface area contributed by atoms with E-state index in [0.29, 0.717) is 12.2 Å². The van der Waals surface area contributed by atoms with E-state index >= 15 is 0 Å². The Morgan fingerprint density at radius 1 is 0.931 bits per heavy atom. The highest BCUT2D eigenvalue weighted by atomic mass is 32.2. The molecule has 0 saturated carbocycles. The van der Waals surface area contributed by atoms with Crippen molar-refractivity contribution in [3.8, 4) is 5.75 Å². The van der Waals surface area contributed by atoms with Crippen LogP contribution in [0.5, 0.6) is 5.75 Å². The van der Waals surface area contributed by atoms with Crippen LogP contribution in [0.15, 0.2) is 88.9 Å². The number of rotatable bonds is 5. The molecule has 5 nitrogen and oxygen atoms in total. The molecular formula is C23H22N2O3S. The second-order valence-corrected chi connectivity index (χ2v) is 8.76. The molecule has 1 atom stereocenters. The molecule has 0 bridgehead atoms. The Kier molecular flexibility index (Phi) is 5.11. The summed E-state index contributed by atoms with van der Waals surface area (Å²) in [5.74, 6) is 0.645. The van der Waals surface area contributed by atoms with E-state index in [4.69, 9.17) is 4.74 Å². The minimum absolute atomic E-state index is 0.223. The van der Waals surface area contributed by atoms with Gasteiger partial charge in [-0.25, -0.2) is 0 Å². The first-order valence-corrected chi connectivity index (χ1v) is 10.8. The van der Waals surface area contributed by atoms with Crippen molar-refractivity contribution in [1.82, 2.24) is 4.41 Å². The van der Waals surface area contributed by atoms with Gasteiger partial charge >= 0.3 is 0 Å². The van der Waals surface area contributed by atoms with E-state index in [1.165, 1.54) is 4.41 Å². The topological polar surface area (TPSA) is 59.0 Å². The summed E-state index contributed by atoms with van der Waals surface area (Å²) in [5, 5.41) is 4.57. The first kappa shape index (κ1) is 19.2. The average molecular weight is 407 g/mol. The molecule has 0 amide bonds. The number of nitrogens with zero attached hydrogens (tertiary/aromatic N) is 2. The minimum atomic E-state index is -3.83. The number of hydrogen-bond donors (Lipinski definition) is 0. The van der Waals surface area contributed by atoms with Crippen molar-refractivity contribution >= 4 is 15.7 Å². The van der Waals surface area contributed by atoms with E-state index in [-0.39, 0.29) is 4.90 Å². The molecule has 0 saturated heterocycles. The van der Waals surface area contributed by atoms with Crippen molar-refractivity contribution in [1.29, 1.82) is 0 Å². The summed E-state index contributed by atoms with van der Waals surface area (Å²) in [5.41, 5.74) is 3.44. The van der Waals surface area contributed by atoms with Gasteiger partial charge in [0.15, 0.2) is 0 Å². The lowest BCUT2D eigenvalue weighted by atomic mass is 9.98. The Morgan fingerprint density at radius 3 is 2.28 bits per heavy atom. The lowest BCUT2D eigenvalue weighted by Crippen LogP contribution is -2.27. The van der Waals surface area contributed by atoms with Gasteiger partial charge in [0.2, 0.25) is 0 Å². The monoisotopic (exact) mass is 406 g/mol. The first-order chi connectivity index (χ1) is 14.0. The van der Waals surface area contributed by atoms with Crippen molar-refractivity contribution in [3.63, 3.8) is 0 Å². The van der Waals surface area contributed by atoms with E-state index in [1.807, 2.05) is 61.5 Å². The number of aryl methyl sites for hydroxylation is 1. The Balaban J connectivity index is 1.83. The molecule has 1 aliphatic rings. The van der Waals surface area contributed by atoms with Gasteiger partial charge in [-0.3, -0.25) is 0 Å². The van der Waals surface area contributed by atoms with Crippen molar-refractivity contribution in [2.24, 2.45) is 5.10 Å². The van der Waals surface area contributed by atoms with Crippen molar-refractivity contribution < 1.29 is 13.2 Å². The lowest BCUT2D eigenvalue weighted by molar-refractivity contribution is 0.350. The molecule has 29 heavy (non-hydrogen) atoms. The molecule has 1 heterocycles. The Morgan fingerprint density at radius 2 is 1.59 bits per heavy atom. The number of hydrogen-bond acceptors (Lipinski definition) is 4. The highest BCUT2D eigenvalue weighted by Gasteiger charge is 2.38. The Hall–Kier alpha value is -3.12. The molecule has 0 spiro atoms. The van der Waals surface area contributed by atoms with Crippen LogP contribution in [0.2, 0.25) is 0 Å². The molecule has 1 unspecified atom stereocenters. The molecule has 3 aromatic rings. The van der Waals surface area contributed by atoms with Gasteiger partial charge in [-0.1, -0.05) is 66.2 Å². The van der Waals surface area contributed by atoms with Crippen molar-refractivity contribution in [3.05, 3.63) is 95.6 Å². The summed E-state index contributed by atoms with van der Waals surface area (Å²) in [7, 11) is -2.24. The van der Waals surface area contributed by atoms with Crippen LogP contribution in [0.25, 0.3) is 0 Å². The van der Waals surface area contributed by atoms with Gasteiger partial charge < -0.3 is 4.74 Å². The highest BCUT2D eigenvalue weighted by molar-refractivity contribution is 7.89. The lowest BCUT2D eigenvalue weighted by Gasteiger charge is -2.24. The van der Waals surface area contributed by atoms with E-state index < -0.39 is 16.1 Å². The van der Waals surface area contributed by atoms with Gasteiger partial charge in [0.1, 0.15) is 5.75 Å². The van der Waals surface area contributed by atoms with Crippen molar-refractivity contribution in [2.75, 3.05) is 7.11 Å². The largest absolute Gasteiger partial charge is 0.496 e. The normalized spacial score (nSPS) is 16.6. The van der Waals surface area contributed by atoms with Gasteiger partial charge in [0.25, 0.3) is 10.0 Å². The van der Waals surface area contributed by atoms with Crippen LogP contribution in [0.3, 0.4) is 0 Å². The van der Waals surface area contributed by atoms with Crippen LogP contribution in [0.1, 0.15) is 29.2 Å². The third-order valence-corrected chi connectivity index (χ3v) is 6.74. The fourth-order valence-corrected chi connectivity index (χ4v) is 4.93. The summed E-state index contributed by atoms with van der Waals surface area (Å²) in [6.07, 6.45) is 0.468. The third-order valence-electron chi connectivity index (χ3n) is 5.04. The molecule has 0 aliphatic carbocycles. The van der Waals surface area contributed by atoms with E-state index in [0.717, 1.165) is 22.4 Å². The van der Waals surface area contributed by atoms with Gasteiger partial charge in [-0.2, -0.15) is 17.9 Å². The zero-order valence-corrected chi connectivity index (χ0v) is 17.1. The molecule has 148 valence electrons. The van der Waals surface area contributed by atoms with Crippen LogP contribution in [0.4, 0.5) is 0 Å². The highest BCUT2D eigenvalue weighted by Crippen LogP contribution is 2.40. The molecule has 0 N–H and O–H groups in total. The molecule has 4 rings (SSSR count). The second-order valence-electron chi connectivity index (χ2n) is 6.97. The van der Waals surface area contributed by atoms with Gasteiger partial charge in [0.05, 0.1) is 23.8 Å². The van der Waals surface area contributed by atoms with Crippen molar-refractivity contribution in [2.45, 2.75) is 24.3 Å². The summed E-state index contributed by atoms with van der Waals surface area (Å²) in [6, 6.07) is 23.5. The Bertz CT molecular complexity index is 1140.